The fourth-order valence-electron chi connectivity index (χ4n) is 3.28. The molecule has 3 N–H and O–H groups in total. The van der Waals surface area contributed by atoms with Gasteiger partial charge in [0.05, 0.1) is 42.5 Å². The Kier molecular flexibility index (Phi) is 6.77. The predicted molar refractivity (Wildman–Crippen MR) is 127 cm³/mol. The van der Waals surface area contributed by atoms with Gasteiger partial charge in [-0.15, -0.1) is 5.10 Å². The topological polar surface area (TPSA) is 136 Å². The second kappa shape index (κ2) is 9.77. The Balaban J connectivity index is 1.64. The third-order valence-corrected chi connectivity index (χ3v) is 5.59. The number of alkyl halides is 1. The average molecular weight is 503 g/mol. The zero-order chi connectivity index (χ0) is 25.2. The molecule has 3 aromatic rings. The summed E-state index contributed by atoms with van der Waals surface area (Å²) in [6, 6.07) is 6.41. The molecule has 1 aromatic carbocycles. The highest BCUT2D eigenvalue weighted by Crippen LogP contribution is 2.32. The summed E-state index contributed by atoms with van der Waals surface area (Å²) in [5.41, 5.74) is 2.22. The van der Waals surface area contributed by atoms with E-state index in [4.69, 9.17) is 4.74 Å². The van der Waals surface area contributed by atoms with Crippen LogP contribution in [0.15, 0.2) is 30.5 Å². The smallest absolute Gasteiger partial charge is 0.271 e. The molecule has 0 spiro atoms. The summed E-state index contributed by atoms with van der Waals surface area (Å²) in [6.07, 6.45) is 1.59. The number of carbonyl (C=O) groups is 1. The summed E-state index contributed by atoms with van der Waals surface area (Å²) in [5.74, 6) is 5.76. The maximum Gasteiger partial charge on any atom is 0.271 e. The molecule has 2 atom stereocenters. The van der Waals surface area contributed by atoms with Crippen molar-refractivity contribution in [1.29, 1.82) is 0 Å². The third kappa shape index (κ3) is 5.61. The van der Waals surface area contributed by atoms with Crippen LogP contribution in [0.25, 0.3) is 5.65 Å². The van der Waals surface area contributed by atoms with E-state index in [2.05, 4.69) is 42.1 Å². The van der Waals surface area contributed by atoms with Gasteiger partial charge < -0.3 is 20.7 Å². The molecular formula is C22H23FN6O5S. The molecule has 11 nitrogen and oxygen atoms in total. The Bertz CT molecular complexity index is 1450. The summed E-state index contributed by atoms with van der Waals surface area (Å²) in [6.45, 7) is -0.293. The summed E-state index contributed by atoms with van der Waals surface area (Å²) >= 11 is 0. The van der Waals surface area contributed by atoms with Gasteiger partial charge in [0.2, 0.25) is 0 Å². The van der Waals surface area contributed by atoms with E-state index in [0.717, 1.165) is 6.26 Å². The lowest BCUT2D eigenvalue weighted by Crippen LogP contribution is -2.28. The number of halogens is 1. The molecule has 184 valence electrons. The number of carbonyl (C=O) groups excluding carboxylic acids is 1. The molecule has 1 aliphatic rings. The molecule has 1 aliphatic carbocycles. The Morgan fingerprint density at radius 1 is 1.34 bits per heavy atom. The summed E-state index contributed by atoms with van der Waals surface area (Å²) < 4.78 is 47.0. The summed E-state index contributed by atoms with van der Waals surface area (Å²) in [4.78, 5) is 16.9. The van der Waals surface area contributed by atoms with Crippen molar-refractivity contribution in [2.24, 2.45) is 0 Å². The van der Waals surface area contributed by atoms with E-state index < -0.39 is 28.2 Å². The van der Waals surface area contributed by atoms with Gasteiger partial charge in [-0.1, -0.05) is 17.9 Å². The molecular weight excluding hydrogens is 479 g/mol. The van der Waals surface area contributed by atoms with Crippen molar-refractivity contribution in [3.05, 3.63) is 41.7 Å². The Morgan fingerprint density at radius 3 is 2.77 bits per heavy atom. The zero-order valence-electron chi connectivity index (χ0n) is 19.1. The van der Waals surface area contributed by atoms with E-state index in [9.17, 15) is 17.6 Å². The van der Waals surface area contributed by atoms with Gasteiger partial charge in [-0.2, -0.15) is 8.42 Å². The van der Waals surface area contributed by atoms with Crippen molar-refractivity contribution in [2.45, 2.75) is 18.6 Å². The van der Waals surface area contributed by atoms with Crippen molar-refractivity contribution in [3.63, 3.8) is 0 Å². The lowest BCUT2D eigenvalue weighted by Gasteiger charge is -2.14. The number of hydrogen-bond acceptors (Lipinski definition) is 9. The lowest BCUT2D eigenvalue weighted by atomic mass is 10.1. The van der Waals surface area contributed by atoms with Crippen molar-refractivity contribution in [1.82, 2.24) is 19.9 Å². The highest BCUT2D eigenvalue weighted by molar-refractivity contribution is 7.86. The maximum atomic E-state index is 13.2. The number of hydrogen-bond donors (Lipinski definition) is 3. The SMILES string of the molecule is CNc1cc(Nc2cccc(C#CCOS(C)(=O)=O)c2OC)nn2c(C(=O)N[C@@H]3C[C@@H]3F)cnc12. The van der Waals surface area contributed by atoms with Crippen LogP contribution in [0.4, 0.5) is 21.6 Å². The van der Waals surface area contributed by atoms with Gasteiger partial charge in [-0.05, 0) is 12.1 Å². The molecule has 0 aliphatic heterocycles. The van der Waals surface area contributed by atoms with E-state index in [1.165, 1.54) is 17.8 Å². The number of imidazole rings is 1. The fraction of sp³-hybridized carbons (Fsp3) is 0.318. The highest BCUT2D eigenvalue weighted by atomic mass is 32.2. The van der Waals surface area contributed by atoms with Crippen LogP contribution >= 0.6 is 0 Å². The summed E-state index contributed by atoms with van der Waals surface area (Å²) in [5, 5.41) is 13.3. The zero-order valence-corrected chi connectivity index (χ0v) is 19.9. The Morgan fingerprint density at radius 2 is 2.11 bits per heavy atom. The minimum Gasteiger partial charge on any atom is -0.493 e. The minimum atomic E-state index is -3.59. The van der Waals surface area contributed by atoms with Crippen LogP contribution in [0.1, 0.15) is 22.5 Å². The molecule has 0 bridgehead atoms. The van der Waals surface area contributed by atoms with Crippen molar-refractivity contribution < 1.29 is 26.5 Å². The standard InChI is InChI=1S/C22H23FN6O5S/c1-24-17-11-19(28-29-18(12-25-21(17)29)22(30)27-16-10-14(16)23)26-15-8-4-6-13(20(15)33-2)7-5-9-34-35(3,31)32/h4,6,8,11-12,14,16,24H,9-10H2,1-3H3,(H,26,28)(H,27,30)/t14-,16+/m0/s1. The van der Waals surface area contributed by atoms with Crippen LogP contribution in [0.3, 0.4) is 0 Å². The first-order chi connectivity index (χ1) is 16.7. The van der Waals surface area contributed by atoms with Gasteiger partial charge in [0.15, 0.2) is 22.9 Å². The summed E-state index contributed by atoms with van der Waals surface area (Å²) in [7, 11) is -0.410. The van der Waals surface area contributed by atoms with Crippen LogP contribution in [-0.4, -0.2) is 68.2 Å². The average Bonchev–Trinajstić information content (AvgIpc) is 3.32. The van der Waals surface area contributed by atoms with Crippen LogP contribution in [0, 0.1) is 11.8 Å². The predicted octanol–water partition coefficient (Wildman–Crippen LogP) is 1.69. The second-order valence-corrected chi connectivity index (χ2v) is 9.33. The van der Waals surface area contributed by atoms with Gasteiger partial charge in [0.25, 0.3) is 16.0 Å². The van der Waals surface area contributed by atoms with Gasteiger partial charge in [0.1, 0.15) is 12.8 Å². The van der Waals surface area contributed by atoms with E-state index >= 15 is 0 Å². The lowest BCUT2D eigenvalue weighted by molar-refractivity contribution is 0.0940. The number of rotatable bonds is 8. The van der Waals surface area contributed by atoms with Crippen LogP contribution < -0.4 is 20.7 Å². The largest absolute Gasteiger partial charge is 0.493 e. The van der Waals surface area contributed by atoms with E-state index in [0.29, 0.717) is 40.6 Å². The molecule has 0 unspecified atom stereocenters. The Hall–Kier alpha value is -3.89. The molecule has 1 fully saturated rings. The second-order valence-electron chi connectivity index (χ2n) is 7.68. The number of nitrogens with one attached hydrogen (secondary N) is 3. The van der Waals surface area contributed by atoms with Crippen molar-refractivity contribution in [3.8, 4) is 17.6 Å². The maximum absolute atomic E-state index is 13.2. The molecule has 2 aromatic heterocycles. The van der Waals surface area contributed by atoms with Gasteiger partial charge >= 0.3 is 0 Å². The number of aromatic nitrogens is 3. The number of amides is 1. The first-order valence-electron chi connectivity index (χ1n) is 10.5. The molecule has 1 amide bonds. The third-order valence-electron chi connectivity index (χ3n) is 5.05. The first-order valence-corrected chi connectivity index (χ1v) is 12.3. The van der Waals surface area contributed by atoms with E-state index in [1.807, 2.05) is 0 Å². The number of nitrogens with zero attached hydrogens (tertiary/aromatic N) is 3. The molecule has 0 radical (unpaired) electrons. The van der Waals surface area contributed by atoms with Gasteiger partial charge in [0, 0.05) is 19.5 Å². The number of ether oxygens (including phenoxy) is 1. The number of fused-ring (bicyclic) bond motifs is 1. The number of para-hydroxylation sites is 1. The van der Waals surface area contributed by atoms with Gasteiger partial charge in [-0.25, -0.2) is 13.9 Å². The minimum absolute atomic E-state index is 0.164. The quantitative estimate of drug-likeness (QED) is 0.311. The van der Waals surface area contributed by atoms with Crippen LogP contribution in [-0.2, 0) is 14.3 Å². The van der Waals surface area contributed by atoms with Gasteiger partial charge in [-0.3, -0.25) is 8.98 Å². The number of anilines is 3. The monoisotopic (exact) mass is 502 g/mol. The molecule has 0 saturated heterocycles. The number of benzene rings is 1. The van der Waals surface area contributed by atoms with Crippen molar-refractivity contribution >= 4 is 38.9 Å². The van der Waals surface area contributed by atoms with Crippen LogP contribution in [0.2, 0.25) is 0 Å². The molecule has 1 saturated carbocycles. The molecule has 2 heterocycles. The highest BCUT2D eigenvalue weighted by Gasteiger charge is 2.39. The molecule has 4 rings (SSSR count). The normalized spacial score (nSPS) is 16.8. The Labute approximate surface area is 201 Å². The first kappa shape index (κ1) is 24.2. The molecule has 35 heavy (non-hydrogen) atoms. The van der Waals surface area contributed by atoms with E-state index in [-0.39, 0.29) is 12.3 Å². The fourth-order valence-corrected chi connectivity index (χ4v) is 3.56. The van der Waals surface area contributed by atoms with Crippen LogP contribution in [0.5, 0.6) is 5.75 Å². The van der Waals surface area contributed by atoms with Crippen molar-refractivity contribution in [2.75, 3.05) is 37.7 Å². The molecule has 13 heteroatoms. The van der Waals surface area contributed by atoms with E-state index in [1.54, 1.807) is 31.3 Å². The number of methoxy groups -OCH3 is 1.